The summed E-state index contributed by atoms with van der Waals surface area (Å²) in [5.41, 5.74) is 4.34. The van der Waals surface area contributed by atoms with Gasteiger partial charge in [-0.25, -0.2) is 4.98 Å². The number of methoxy groups -OCH3 is 2. The van der Waals surface area contributed by atoms with Crippen molar-refractivity contribution >= 4 is 17.2 Å². The molecule has 0 saturated carbocycles. The molecule has 1 N–H and O–H groups in total. The molecule has 1 unspecified atom stereocenters. The Kier molecular flexibility index (Phi) is 7.24. The summed E-state index contributed by atoms with van der Waals surface area (Å²) in [5, 5.41) is 5.96. The van der Waals surface area contributed by atoms with Gasteiger partial charge in [-0.05, 0) is 56.5 Å². The second kappa shape index (κ2) is 10.3. The van der Waals surface area contributed by atoms with Crippen LogP contribution in [0.15, 0.2) is 35.7 Å². The first kappa shape index (κ1) is 22.5. The Labute approximate surface area is 192 Å². The molecule has 1 saturated heterocycles. The molecule has 1 amide bonds. The molecule has 3 aromatic rings. The third-order valence-corrected chi connectivity index (χ3v) is 6.54. The SMILES string of the molecule is COCCCNC(=O)c1cc(-c2csc(-c3ccc(OC)cc3)n2)n(C2CCCO2)c1C. The van der Waals surface area contributed by atoms with Crippen LogP contribution in [0.3, 0.4) is 0 Å². The monoisotopic (exact) mass is 455 g/mol. The molecule has 8 heteroatoms. The van der Waals surface area contributed by atoms with Crippen molar-refractivity contribution in [2.24, 2.45) is 0 Å². The highest BCUT2D eigenvalue weighted by atomic mass is 32.1. The van der Waals surface area contributed by atoms with Crippen LogP contribution >= 0.6 is 11.3 Å². The molecule has 2 aromatic heterocycles. The molecule has 4 rings (SSSR count). The first-order chi connectivity index (χ1) is 15.6. The van der Waals surface area contributed by atoms with E-state index >= 15 is 0 Å². The normalized spacial score (nSPS) is 15.8. The summed E-state index contributed by atoms with van der Waals surface area (Å²) < 4.78 is 18.4. The van der Waals surface area contributed by atoms with Gasteiger partial charge in [-0.15, -0.1) is 11.3 Å². The molecule has 1 aromatic carbocycles. The van der Waals surface area contributed by atoms with Gasteiger partial charge in [0.25, 0.3) is 5.91 Å². The number of rotatable bonds is 9. The van der Waals surface area contributed by atoms with Crippen LogP contribution in [0.5, 0.6) is 5.75 Å². The van der Waals surface area contributed by atoms with E-state index in [2.05, 4.69) is 9.88 Å². The Morgan fingerprint density at radius 3 is 2.81 bits per heavy atom. The van der Waals surface area contributed by atoms with E-state index in [0.29, 0.717) is 18.7 Å². The van der Waals surface area contributed by atoms with Crippen molar-refractivity contribution in [1.82, 2.24) is 14.9 Å². The van der Waals surface area contributed by atoms with Gasteiger partial charge in [0.2, 0.25) is 0 Å². The first-order valence-corrected chi connectivity index (χ1v) is 11.7. The van der Waals surface area contributed by atoms with E-state index in [1.165, 1.54) is 0 Å². The number of hydrogen-bond acceptors (Lipinski definition) is 6. The van der Waals surface area contributed by atoms with Crippen molar-refractivity contribution in [3.8, 4) is 27.7 Å². The molecule has 3 heterocycles. The van der Waals surface area contributed by atoms with E-state index in [4.69, 9.17) is 19.2 Å². The number of nitrogens with one attached hydrogen (secondary N) is 1. The van der Waals surface area contributed by atoms with Crippen LogP contribution in [0.25, 0.3) is 22.0 Å². The van der Waals surface area contributed by atoms with Crippen LogP contribution in [-0.4, -0.2) is 49.4 Å². The van der Waals surface area contributed by atoms with Gasteiger partial charge in [0.05, 0.1) is 24.1 Å². The molecule has 0 radical (unpaired) electrons. The van der Waals surface area contributed by atoms with Crippen LogP contribution in [-0.2, 0) is 9.47 Å². The zero-order valence-electron chi connectivity index (χ0n) is 18.7. The minimum Gasteiger partial charge on any atom is -0.497 e. The molecule has 7 nitrogen and oxygen atoms in total. The molecule has 170 valence electrons. The van der Waals surface area contributed by atoms with Crippen LogP contribution in [0.2, 0.25) is 0 Å². The van der Waals surface area contributed by atoms with Crippen molar-refractivity contribution in [3.05, 3.63) is 47.0 Å². The molecule has 1 aliphatic heterocycles. The number of thiazole rings is 1. The fourth-order valence-electron chi connectivity index (χ4n) is 3.95. The number of nitrogens with zero attached hydrogens (tertiary/aromatic N) is 2. The largest absolute Gasteiger partial charge is 0.497 e. The van der Waals surface area contributed by atoms with Crippen molar-refractivity contribution in [1.29, 1.82) is 0 Å². The number of carbonyl (C=O) groups excluding carboxylic acids is 1. The molecule has 0 bridgehead atoms. The van der Waals surface area contributed by atoms with Gasteiger partial charge in [-0.1, -0.05) is 0 Å². The quantitative estimate of drug-likeness (QED) is 0.475. The number of carbonyl (C=O) groups is 1. The Bertz CT molecular complexity index is 1050. The Morgan fingerprint density at radius 1 is 1.31 bits per heavy atom. The molecular formula is C24H29N3O4S. The highest BCUT2D eigenvalue weighted by molar-refractivity contribution is 7.13. The smallest absolute Gasteiger partial charge is 0.253 e. The van der Waals surface area contributed by atoms with Crippen LogP contribution < -0.4 is 10.1 Å². The van der Waals surface area contributed by atoms with Crippen molar-refractivity contribution in [2.75, 3.05) is 34.0 Å². The van der Waals surface area contributed by atoms with E-state index in [-0.39, 0.29) is 12.1 Å². The minimum atomic E-state index is -0.0813. The molecule has 0 aliphatic carbocycles. The predicted octanol–water partition coefficient (Wildman–Crippen LogP) is 4.67. The second-order valence-corrected chi connectivity index (χ2v) is 8.59. The molecule has 1 atom stereocenters. The van der Waals surface area contributed by atoms with Crippen LogP contribution in [0.4, 0.5) is 0 Å². The lowest BCUT2D eigenvalue weighted by molar-refractivity contribution is 0.0565. The van der Waals surface area contributed by atoms with E-state index < -0.39 is 0 Å². The summed E-state index contributed by atoms with van der Waals surface area (Å²) in [6.45, 7) is 3.90. The average molecular weight is 456 g/mol. The highest BCUT2D eigenvalue weighted by Crippen LogP contribution is 2.36. The maximum atomic E-state index is 12.9. The van der Waals surface area contributed by atoms with Gasteiger partial charge in [0.15, 0.2) is 0 Å². The predicted molar refractivity (Wildman–Crippen MR) is 125 cm³/mol. The average Bonchev–Trinajstić information content (AvgIpc) is 3.56. The summed E-state index contributed by atoms with van der Waals surface area (Å²) in [6.07, 6.45) is 2.63. The Morgan fingerprint density at radius 2 is 2.12 bits per heavy atom. The Balaban J connectivity index is 1.65. The third-order valence-electron chi connectivity index (χ3n) is 5.64. The van der Waals surface area contributed by atoms with Crippen LogP contribution in [0, 0.1) is 6.92 Å². The number of ether oxygens (including phenoxy) is 3. The standard InChI is InChI=1S/C24H29N3O4S/c1-16-19(23(28)25-11-5-12-29-2)14-21(27(16)22-6-4-13-31-22)20-15-32-24(26-20)17-7-9-18(30-3)10-8-17/h7-10,14-15,22H,4-6,11-13H2,1-3H3,(H,25,28). The molecule has 0 spiro atoms. The first-order valence-electron chi connectivity index (χ1n) is 10.8. The van der Waals surface area contributed by atoms with Gasteiger partial charge < -0.3 is 24.1 Å². The van der Waals surface area contributed by atoms with Gasteiger partial charge in [0.1, 0.15) is 17.0 Å². The Hall–Kier alpha value is -2.68. The van der Waals surface area contributed by atoms with Gasteiger partial charge >= 0.3 is 0 Å². The van der Waals surface area contributed by atoms with E-state index in [1.807, 2.05) is 42.6 Å². The van der Waals surface area contributed by atoms with Crippen molar-refractivity contribution in [2.45, 2.75) is 32.4 Å². The minimum absolute atomic E-state index is 0.0776. The van der Waals surface area contributed by atoms with Gasteiger partial charge in [-0.3, -0.25) is 4.79 Å². The molecular weight excluding hydrogens is 426 g/mol. The maximum absolute atomic E-state index is 12.9. The lowest BCUT2D eigenvalue weighted by atomic mass is 10.2. The lowest BCUT2D eigenvalue weighted by Crippen LogP contribution is -2.25. The maximum Gasteiger partial charge on any atom is 0.253 e. The number of amides is 1. The fourth-order valence-corrected chi connectivity index (χ4v) is 4.77. The number of hydrogen-bond donors (Lipinski definition) is 1. The fraction of sp³-hybridized carbons (Fsp3) is 0.417. The summed E-state index contributed by atoms with van der Waals surface area (Å²) in [5.74, 6) is 0.733. The van der Waals surface area contributed by atoms with Crippen molar-refractivity contribution in [3.63, 3.8) is 0 Å². The zero-order chi connectivity index (χ0) is 22.5. The molecule has 1 fully saturated rings. The number of aromatic nitrogens is 2. The van der Waals surface area contributed by atoms with E-state index in [1.54, 1.807) is 25.6 Å². The summed E-state index contributed by atoms with van der Waals surface area (Å²) in [4.78, 5) is 17.8. The summed E-state index contributed by atoms with van der Waals surface area (Å²) in [7, 11) is 3.32. The number of benzene rings is 1. The third kappa shape index (κ3) is 4.72. The zero-order valence-corrected chi connectivity index (χ0v) is 19.5. The summed E-state index contributed by atoms with van der Waals surface area (Å²) in [6, 6.07) is 9.81. The summed E-state index contributed by atoms with van der Waals surface area (Å²) >= 11 is 1.58. The molecule has 1 aliphatic rings. The van der Waals surface area contributed by atoms with Crippen molar-refractivity contribution < 1.29 is 19.0 Å². The van der Waals surface area contributed by atoms with E-state index in [9.17, 15) is 4.79 Å². The lowest BCUT2D eigenvalue weighted by Gasteiger charge is -2.17. The van der Waals surface area contributed by atoms with Crippen LogP contribution in [0.1, 0.15) is 41.5 Å². The second-order valence-electron chi connectivity index (χ2n) is 7.73. The van der Waals surface area contributed by atoms with Gasteiger partial charge in [0, 0.05) is 43.5 Å². The van der Waals surface area contributed by atoms with Gasteiger partial charge in [-0.2, -0.15) is 0 Å². The highest BCUT2D eigenvalue weighted by Gasteiger charge is 2.27. The topological polar surface area (TPSA) is 74.6 Å². The molecule has 32 heavy (non-hydrogen) atoms. The van der Waals surface area contributed by atoms with E-state index in [0.717, 1.165) is 59.3 Å².